The van der Waals surface area contributed by atoms with Crippen molar-refractivity contribution >= 4 is 14.4 Å². The molecule has 1 heterocycles. The Morgan fingerprint density at radius 2 is 1.88 bits per heavy atom. The van der Waals surface area contributed by atoms with E-state index in [2.05, 4.69) is 33.9 Å². The topological polar surface area (TPSA) is 38.8 Å². The number of likely N-dealkylation sites (tertiary alicyclic amines) is 1. The van der Waals surface area contributed by atoms with Crippen molar-refractivity contribution in [1.82, 2.24) is 4.90 Å². The molecule has 144 valence electrons. The van der Waals surface area contributed by atoms with Gasteiger partial charge in [0, 0.05) is 6.54 Å². The molecule has 2 aliphatic rings. The minimum Gasteiger partial charge on any atom is -0.445 e. The summed E-state index contributed by atoms with van der Waals surface area (Å²) in [5, 5.41) is 0.182. The van der Waals surface area contributed by atoms with Crippen molar-refractivity contribution in [2.45, 2.75) is 70.8 Å². The molecule has 26 heavy (non-hydrogen) atoms. The first-order valence-corrected chi connectivity index (χ1v) is 12.6. The number of rotatable bonds is 5. The van der Waals surface area contributed by atoms with E-state index in [1.807, 2.05) is 35.2 Å². The summed E-state index contributed by atoms with van der Waals surface area (Å²) in [6.07, 6.45) is 3.32. The van der Waals surface area contributed by atoms with Gasteiger partial charge < -0.3 is 14.1 Å². The Labute approximate surface area is 159 Å². The number of hydrogen-bond donors (Lipinski definition) is 0. The Bertz CT molecular complexity index is 634. The number of benzene rings is 1. The van der Waals surface area contributed by atoms with Gasteiger partial charge in [-0.15, -0.1) is 0 Å². The SMILES string of the molecule is CC(C)(C)[Si](C)(C)OC[C@@H]1CC2(CC2)CN1C(=O)OCc1ccccc1. The average molecular weight is 376 g/mol. The van der Waals surface area contributed by atoms with Crippen LogP contribution in [0.5, 0.6) is 0 Å². The van der Waals surface area contributed by atoms with Crippen LogP contribution in [-0.2, 0) is 15.8 Å². The molecule has 0 unspecified atom stereocenters. The normalized spacial score (nSPS) is 21.9. The zero-order valence-electron chi connectivity index (χ0n) is 16.9. The highest BCUT2D eigenvalue weighted by Gasteiger charge is 2.54. The molecule has 0 bridgehead atoms. The molecular weight excluding hydrogens is 342 g/mol. The minimum absolute atomic E-state index is 0.148. The van der Waals surface area contributed by atoms with Gasteiger partial charge in [-0.2, -0.15) is 0 Å². The van der Waals surface area contributed by atoms with Crippen LogP contribution in [0.25, 0.3) is 0 Å². The van der Waals surface area contributed by atoms with Crippen molar-refractivity contribution in [1.29, 1.82) is 0 Å². The van der Waals surface area contributed by atoms with Gasteiger partial charge >= 0.3 is 6.09 Å². The number of ether oxygens (including phenoxy) is 1. The third kappa shape index (κ3) is 4.31. The molecule has 1 amide bonds. The standard InChI is InChI=1S/C21H33NO3Si/c1-20(2,3)26(4,5)25-15-18-13-21(11-12-21)16-22(18)19(23)24-14-17-9-7-6-8-10-17/h6-10,18H,11-16H2,1-5H3/t18-/m0/s1. The van der Waals surface area contributed by atoms with E-state index in [9.17, 15) is 4.79 Å². The summed E-state index contributed by atoms with van der Waals surface area (Å²) in [4.78, 5) is 14.7. The summed E-state index contributed by atoms with van der Waals surface area (Å²) in [5.74, 6) is 0. The van der Waals surface area contributed by atoms with Crippen molar-refractivity contribution in [3.8, 4) is 0 Å². The molecule has 0 radical (unpaired) electrons. The maximum Gasteiger partial charge on any atom is 0.410 e. The van der Waals surface area contributed by atoms with Crippen LogP contribution in [0.2, 0.25) is 18.1 Å². The van der Waals surface area contributed by atoms with Crippen LogP contribution in [0, 0.1) is 5.41 Å². The van der Waals surface area contributed by atoms with Crippen LogP contribution in [0.3, 0.4) is 0 Å². The van der Waals surface area contributed by atoms with Crippen LogP contribution in [0.1, 0.15) is 45.6 Å². The number of amides is 1. The van der Waals surface area contributed by atoms with Crippen LogP contribution < -0.4 is 0 Å². The fourth-order valence-corrected chi connectivity index (χ4v) is 4.43. The summed E-state index contributed by atoms with van der Waals surface area (Å²) < 4.78 is 12.0. The Balaban J connectivity index is 1.60. The third-order valence-corrected chi connectivity index (χ3v) is 11.0. The maximum atomic E-state index is 12.7. The second-order valence-electron chi connectivity index (χ2n) is 9.60. The van der Waals surface area contributed by atoms with Crippen molar-refractivity contribution in [3.63, 3.8) is 0 Å². The highest BCUT2D eigenvalue weighted by Crippen LogP contribution is 2.55. The second kappa shape index (κ2) is 7.00. The molecule has 1 aromatic carbocycles. The summed E-state index contributed by atoms with van der Waals surface area (Å²) in [5.41, 5.74) is 1.36. The van der Waals surface area contributed by atoms with Crippen LogP contribution in [-0.4, -0.2) is 38.5 Å². The van der Waals surface area contributed by atoms with E-state index in [1.165, 1.54) is 12.8 Å². The van der Waals surface area contributed by atoms with Gasteiger partial charge in [0.15, 0.2) is 8.32 Å². The molecule has 5 heteroatoms. The largest absolute Gasteiger partial charge is 0.445 e. The molecular formula is C21H33NO3Si. The van der Waals surface area contributed by atoms with Crippen molar-refractivity contribution in [3.05, 3.63) is 35.9 Å². The Kier molecular flexibility index (Phi) is 5.23. The quantitative estimate of drug-likeness (QED) is 0.664. The highest BCUT2D eigenvalue weighted by atomic mass is 28.4. The third-order valence-electron chi connectivity index (χ3n) is 6.45. The molecule has 0 N–H and O–H groups in total. The zero-order chi connectivity index (χ0) is 19.0. The van der Waals surface area contributed by atoms with Gasteiger partial charge in [0.1, 0.15) is 6.61 Å². The van der Waals surface area contributed by atoms with Gasteiger partial charge in [-0.1, -0.05) is 51.1 Å². The van der Waals surface area contributed by atoms with E-state index in [4.69, 9.17) is 9.16 Å². The van der Waals surface area contributed by atoms with Gasteiger partial charge in [-0.25, -0.2) is 4.79 Å². The van der Waals surface area contributed by atoms with E-state index < -0.39 is 8.32 Å². The fraction of sp³-hybridized carbons (Fsp3) is 0.667. The lowest BCUT2D eigenvalue weighted by molar-refractivity contribution is 0.0801. The monoisotopic (exact) mass is 375 g/mol. The molecule has 1 saturated carbocycles. The summed E-state index contributed by atoms with van der Waals surface area (Å²) in [6.45, 7) is 13.1. The van der Waals surface area contributed by atoms with Gasteiger partial charge in [0.25, 0.3) is 0 Å². The summed E-state index contributed by atoms with van der Waals surface area (Å²) >= 11 is 0. The molecule has 1 aromatic rings. The van der Waals surface area contributed by atoms with E-state index in [1.54, 1.807) is 0 Å². The second-order valence-corrected chi connectivity index (χ2v) is 14.4. The van der Waals surface area contributed by atoms with Crippen molar-refractivity contribution < 1.29 is 14.0 Å². The first kappa shape index (κ1) is 19.4. The molecule has 1 spiro atoms. The lowest BCUT2D eigenvalue weighted by Crippen LogP contribution is -2.46. The average Bonchev–Trinajstić information content (AvgIpc) is 3.22. The summed E-state index contributed by atoms with van der Waals surface area (Å²) in [6, 6.07) is 10.0. The molecule has 1 saturated heterocycles. The van der Waals surface area contributed by atoms with E-state index in [-0.39, 0.29) is 17.2 Å². The Morgan fingerprint density at radius 3 is 2.46 bits per heavy atom. The molecule has 2 fully saturated rings. The highest BCUT2D eigenvalue weighted by molar-refractivity contribution is 6.74. The van der Waals surface area contributed by atoms with Crippen LogP contribution >= 0.6 is 0 Å². The lowest BCUT2D eigenvalue weighted by atomic mass is 10.0. The Hall–Kier alpha value is -1.33. The van der Waals surface area contributed by atoms with E-state index in [0.717, 1.165) is 18.5 Å². The first-order chi connectivity index (χ1) is 12.1. The maximum absolute atomic E-state index is 12.7. The van der Waals surface area contributed by atoms with Gasteiger partial charge in [0.2, 0.25) is 0 Å². The first-order valence-electron chi connectivity index (χ1n) is 9.73. The predicted molar refractivity (Wildman–Crippen MR) is 107 cm³/mol. The predicted octanol–water partition coefficient (Wildman–Crippen LogP) is 5.20. The van der Waals surface area contributed by atoms with E-state index >= 15 is 0 Å². The van der Waals surface area contributed by atoms with Gasteiger partial charge in [0.05, 0.1) is 12.6 Å². The molecule has 0 aromatic heterocycles. The Morgan fingerprint density at radius 1 is 1.23 bits per heavy atom. The van der Waals surface area contributed by atoms with Crippen molar-refractivity contribution in [2.75, 3.05) is 13.2 Å². The number of nitrogens with zero attached hydrogens (tertiary/aromatic N) is 1. The van der Waals surface area contributed by atoms with E-state index in [0.29, 0.717) is 18.6 Å². The van der Waals surface area contributed by atoms with Crippen molar-refractivity contribution in [2.24, 2.45) is 5.41 Å². The molecule has 1 aliphatic carbocycles. The smallest absolute Gasteiger partial charge is 0.410 e. The molecule has 3 rings (SSSR count). The number of carbonyl (C=O) groups excluding carboxylic acids is 1. The van der Waals surface area contributed by atoms with Crippen LogP contribution in [0.4, 0.5) is 4.79 Å². The minimum atomic E-state index is -1.81. The van der Waals surface area contributed by atoms with Gasteiger partial charge in [-0.05, 0) is 48.4 Å². The number of hydrogen-bond acceptors (Lipinski definition) is 3. The zero-order valence-corrected chi connectivity index (χ0v) is 17.9. The molecule has 1 atom stereocenters. The van der Waals surface area contributed by atoms with Crippen LogP contribution in [0.15, 0.2) is 30.3 Å². The van der Waals surface area contributed by atoms with Gasteiger partial charge in [-0.3, -0.25) is 0 Å². The summed E-state index contributed by atoms with van der Waals surface area (Å²) in [7, 11) is -1.81. The number of carbonyl (C=O) groups is 1. The lowest BCUT2D eigenvalue weighted by Gasteiger charge is -2.37. The molecule has 4 nitrogen and oxygen atoms in total. The fourth-order valence-electron chi connectivity index (χ4n) is 3.39. The molecule has 1 aliphatic heterocycles.